The maximum atomic E-state index is 5.82. The summed E-state index contributed by atoms with van der Waals surface area (Å²) < 4.78 is 0. The summed E-state index contributed by atoms with van der Waals surface area (Å²) in [6, 6.07) is 0.648. The van der Waals surface area contributed by atoms with E-state index in [-0.39, 0.29) is 0 Å². The predicted octanol–water partition coefficient (Wildman–Crippen LogP) is 2.09. The van der Waals surface area contributed by atoms with Crippen LogP contribution in [0.25, 0.3) is 0 Å². The molecular formula is C12H26N2. The molecule has 2 N–H and O–H groups in total. The Morgan fingerprint density at radius 1 is 1.50 bits per heavy atom. The molecular weight excluding hydrogens is 172 g/mol. The molecule has 3 atom stereocenters. The molecule has 1 rings (SSSR count). The second kappa shape index (κ2) is 5.72. The Labute approximate surface area is 88.8 Å². The SMILES string of the molecule is CCCC(C)CN1CCC(C)C1CN. The third kappa shape index (κ3) is 2.96. The molecule has 0 saturated carbocycles. The molecule has 1 saturated heterocycles. The third-order valence-electron chi connectivity index (χ3n) is 3.57. The van der Waals surface area contributed by atoms with E-state index in [1.165, 1.54) is 32.4 Å². The minimum absolute atomic E-state index is 0.648. The van der Waals surface area contributed by atoms with E-state index in [1.54, 1.807) is 0 Å². The van der Waals surface area contributed by atoms with Crippen molar-refractivity contribution in [3.63, 3.8) is 0 Å². The standard InChI is InChI=1S/C12H26N2/c1-4-5-10(2)9-14-7-6-11(3)12(14)8-13/h10-12H,4-9,13H2,1-3H3. The highest BCUT2D eigenvalue weighted by Crippen LogP contribution is 2.24. The van der Waals surface area contributed by atoms with Crippen LogP contribution in [-0.4, -0.2) is 30.6 Å². The summed E-state index contributed by atoms with van der Waals surface area (Å²) in [5.41, 5.74) is 5.82. The van der Waals surface area contributed by atoms with Gasteiger partial charge in [0.15, 0.2) is 0 Å². The Morgan fingerprint density at radius 3 is 2.79 bits per heavy atom. The fraction of sp³-hybridized carbons (Fsp3) is 1.00. The monoisotopic (exact) mass is 198 g/mol. The van der Waals surface area contributed by atoms with E-state index in [2.05, 4.69) is 25.7 Å². The fourth-order valence-electron chi connectivity index (χ4n) is 2.68. The Morgan fingerprint density at radius 2 is 2.21 bits per heavy atom. The van der Waals surface area contributed by atoms with Gasteiger partial charge < -0.3 is 5.73 Å². The minimum Gasteiger partial charge on any atom is -0.329 e. The number of nitrogens with zero attached hydrogens (tertiary/aromatic N) is 1. The molecule has 1 heterocycles. The normalized spacial score (nSPS) is 30.9. The number of hydrogen-bond donors (Lipinski definition) is 1. The first kappa shape index (κ1) is 12.0. The van der Waals surface area contributed by atoms with Gasteiger partial charge in [0.1, 0.15) is 0 Å². The summed E-state index contributed by atoms with van der Waals surface area (Å²) in [5.74, 6) is 1.63. The molecule has 0 amide bonds. The Bertz CT molecular complexity index is 158. The van der Waals surface area contributed by atoms with Crippen molar-refractivity contribution in [1.82, 2.24) is 4.90 Å². The van der Waals surface area contributed by atoms with Gasteiger partial charge in [-0.25, -0.2) is 0 Å². The van der Waals surface area contributed by atoms with Crippen molar-refractivity contribution in [3.05, 3.63) is 0 Å². The van der Waals surface area contributed by atoms with Gasteiger partial charge in [-0.3, -0.25) is 4.90 Å². The zero-order chi connectivity index (χ0) is 10.6. The van der Waals surface area contributed by atoms with E-state index >= 15 is 0 Å². The van der Waals surface area contributed by atoms with Crippen LogP contribution in [0, 0.1) is 11.8 Å². The molecule has 1 aliphatic heterocycles. The van der Waals surface area contributed by atoms with Crippen molar-refractivity contribution in [2.24, 2.45) is 17.6 Å². The molecule has 0 radical (unpaired) electrons. The van der Waals surface area contributed by atoms with Crippen molar-refractivity contribution in [1.29, 1.82) is 0 Å². The molecule has 1 aliphatic rings. The zero-order valence-corrected chi connectivity index (χ0v) is 10.00. The van der Waals surface area contributed by atoms with Gasteiger partial charge in [-0.15, -0.1) is 0 Å². The lowest BCUT2D eigenvalue weighted by atomic mass is 10.0. The van der Waals surface area contributed by atoms with Gasteiger partial charge in [0.25, 0.3) is 0 Å². The molecule has 0 aromatic rings. The van der Waals surface area contributed by atoms with Gasteiger partial charge in [-0.05, 0) is 31.2 Å². The highest BCUT2D eigenvalue weighted by atomic mass is 15.2. The third-order valence-corrected chi connectivity index (χ3v) is 3.57. The fourth-order valence-corrected chi connectivity index (χ4v) is 2.68. The van der Waals surface area contributed by atoms with Crippen LogP contribution in [0.15, 0.2) is 0 Å². The molecule has 2 heteroatoms. The summed E-state index contributed by atoms with van der Waals surface area (Å²) in [5, 5.41) is 0. The van der Waals surface area contributed by atoms with Crippen molar-refractivity contribution in [2.45, 2.75) is 46.1 Å². The Hall–Kier alpha value is -0.0800. The summed E-state index contributed by atoms with van der Waals surface area (Å²) in [4.78, 5) is 2.60. The summed E-state index contributed by atoms with van der Waals surface area (Å²) >= 11 is 0. The molecule has 0 spiro atoms. The number of hydrogen-bond acceptors (Lipinski definition) is 2. The van der Waals surface area contributed by atoms with Crippen molar-refractivity contribution >= 4 is 0 Å². The van der Waals surface area contributed by atoms with Crippen molar-refractivity contribution < 1.29 is 0 Å². The second-order valence-electron chi connectivity index (χ2n) is 4.96. The van der Waals surface area contributed by atoms with E-state index < -0.39 is 0 Å². The highest BCUT2D eigenvalue weighted by molar-refractivity contribution is 4.85. The van der Waals surface area contributed by atoms with Gasteiger partial charge in [0.05, 0.1) is 0 Å². The molecule has 0 aliphatic carbocycles. The largest absolute Gasteiger partial charge is 0.329 e. The van der Waals surface area contributed by atoms with Gasteiger partial charge in [0.2, 0.25) is 0 Å². The van der Waals surface area contributed by atoms with Crippen LogP contribution in [0.1, 0.15) is 40.0 Å². The minimum atomic E-state index is 0.648. The number of likely N-dealkylation sites (tertiary alicyclic amines) is 1. The average Bonchev–Trinajstić information content (AvgIpc) is 2.47. The molecule has 2 nitrogen and oxygen atoms in total. The summed E-state index contributed by atoms with van der Waals surface area (Å²) in [6.45, 7) is 10.3. The van der Waals surface area contributed by atoms with Gasteiger partial charge >= 0.3 is 0 Å². The van der Waals surface area contributed by atoms with Crippen molar-refractivity contribution in [3.8, 4) is 0 Å². The molecule has 0 aromatic carbocycles. The van der Waals surface area contributed by atoms with Gasteiger partial charge in [-0.2, -0.15) is 0 Å². The van der Waals surface area contributed by atoms with Crippen LogP contribution in [-0.2, 0) is 0 Å². The first-order valence-corrected chi connectivity index (χ1v) is 6.13. The maximum absolute atomic E-state index is 5.82. The quantitative estimate of drug-likeness (QED) is 0.733. The van der Waals surface area contributed by atoms with Crippen molar-refractivity contribution in [2.75, 3.05) is 19.6 Å². The van der Waals surface area contributed by atoms with E-state index in [0.717, 1.165) is 18.4 Å². The topological polar surface area (TPSA) is 29.3 Å². The molecule has 14 heavy (non-hydrogen) atoms. The van der Waals surface area contributed by atoms with E-state index in [1.807, 2.05) is 0 Å². The second-order valence-corrected chi connectivity index (χ2v) is 4.96. The van der Waals surface area contributed by atoms with Crippen LogP contribution < -0.4 is 5.73 Å². The number of rotatable bonds is 5. The first-order chi connectivity index (χ1) is 6.69. The smallest absolute Gasteiger partial charge is 0.0244 e. The van der Waals surface area contributed by atoms with Crippen LogP contribution in [0.5, 0.6) is 0 Å². The van der Waals surface area contributed by atoms with Gasteiger partial charge in [-0.1, -0.05) is 27.2 Å². The lowest BCUT2D eigenvalue weighted by Crippen LogP contribution is -2.40. The Kier molecular flexibility index (Phi) is 4.90. The van der Waals surface area contributed by atoms with E-state index in [9.17, 15) is 0 Å². The molecule has 3 unspecified atom stereocenters. The zero-order valence-electron chi connectivity index (χ0n) is 10.00. The molecule has 1 fully saturated rings. The lowest BCUT2D eigenvalue weighted by molar-refractivity contribution is 0.202. The first-order valence-electron chi connectivity index (χ1n) is 6.13. The highest BCUT2D eigenvalue weighted by Gasteiger charge is 2.30. The summed E-state index contributed by atoms with van der Waals surface area (Å²) in [7, 11) is 0. The van der Waals surface area contributed by atoms with E-state index in [4.69, 9.17) is 5.73 Å². The van der Waals surface area contributed by atoms with Gasteiger partial charge in [0, 0.05) is 19.1 Å². The van der Waals surface area contributed by atoms with Crippen LogP contribution in [0.3, 0.4) is 0 Å². The van der Waals surface area contributed by atoms with E-state index in [0.29, 0.717) is 6.04 Å². The molecule has 0 bridgehead atoms. The number of nitrogens with two attached hydrogens (primary N) is 1. The molecule has 84 valence electrons. The lowest BCUT2D eigenvalue weighted by Gasteiger charge is -2.28. The van der Waals surface area contributed by atoms with Crippen LogP contribution in [0.4, 0.5) is 0 Å². The predicted molar refractivity (Wildman–Crippen MR) is 62.3 cm³/mol. The average molecular weight is 198 g/mol. The maximum Gasteiger partial charge on any atom is 0.0244 e. The van der Waals surface area contributed by atoms with Crippen LogP contribution in [0.2, 0.25) is 0 Å². The Balaban J connectivity index is 2.36. The van der Waals surface area contributed by atoms with Crippen LogP contribution >= 0.6 is 0 Å². The molecule has 0 aromatic heterocycles. The summed E-state index contributed by atoms with van der Waals surface area (Å²) in [6.07, 6.45) is 3.99.